The number of nitrogens with zero attached hydrogens (tertiary/aromatic N) is 3. The van der Waals surface area contributed by atoms with E-state index in [0.29, 0.717) is 17.1 Å². The van der Waals surface area contributed by atoms with Crippen molar-refractivity contribution >= 4 is 17.4 Å². The molecule has 1 aliphatic rings. The van der Waals surface area contributed by atoms with Gasteiger partial charge in [0.1, 0.15) is 16.8 Å². The van der Waals surface area contributed by atoms with Crippen molar-refractivity contribution in [3.05, 3.63) is 16.5 Å². The Balaban J connectivity index is 2.05. The fourth-order valence-electron chi connectivity index (χ4n) is 1.93. The molecule has 1 aromatic rings. The molecule has 0 radical (unpaired) electrons. The zero-order valence-corrected chi connectivity index (χ0v) is 13.0. The van der Waals surface area contributed by atoms with E-state index < -0.39 is 0 Å². The fraction of sp³-hybridized carbons (Fsp3) is 0.714. The molecule has 2 rings (SSSR count). The zero-order valence-electron chi connectivity index (χ0n) is 12.2. The van der Waals surface area contributed by atoms with Crippen LogP contribution in [0.15, 0.2) is 0 Å². The van der Waals surface area contributed by atoms with Gasteiger partial charge < -0.3 is 10.2 Å². The van der Waals surface area contributed by atoms with Gasteiger partial charge in [0.25, 0.3) is 0 Å². The second-order valence-corrected chi connectivity index (χ2v) is 6.12. The Morgan fingerprint density at radius 2 is 2.05 bits per heavy atom. The molecule has 106 valence electrons. The predicted octanol–water partition coefficient (Wildman–Crippen LogP) is 3.07. The molecule has 1 heterocycles. The minimum atomic E-state index is 0.374. The lowest BCUT2D eigenvalue weighted by Crippen LogP contribution is -2.24. The van der Waals surface area contributed by atoms with E-state index in [0.717, 1.165) is 30.2 Å². The highest BCUT2D eigenvalue weighted by molar-refractivity contribution is 6.30. The van der Waals surface area contributed by atoms with Crippen molar-refractivity contribution in [1.29, 1.82) is 0 Å². The molecule has 0 aliphatic heterocycles. The molecule has 1 aliphatic carbocycles. The van der Waals surface area contributed by atoms with Crippen LogP contribution in [-0.4, -0.2) is 41.5 Å². The summed E-state index contributed by atoms with van der Waals surface area (Å²) in [5.41, 5.74) is 0.947. The SMILES string of the molecule is Cc1c(Cl)nc(C2CC2)nc1NC(C)CCN(C)C. The molecule has 0 bridgehead atoms. The van der Waals surface area contributed by atoms with Crippen LogP contribution in [0.2, 0.25) is 5.15 Å². The van der Waals surface area contributed by atoms with Crippen LogP contribution in [0.1, 0.15) is 43.5 Å². The van der Waals surface area contributed by atoms with E-state index in [9.17, 15) is 0 Å². The van der Waals surface area contributed by atoms with Crippen molar-refractivity contribution in [1.82, 2.24) is 14.9 Å². The second kappa shape index (κ2) is 6.06. The molecule has 1 fully saturated rings. The summed E-state index contributed by atoms with van der Waals surface area (Å²) >= 11 is 6.20. The Labute approximate surface area is 120 Å². The largest absolute Gasteiger partial charge is 0.367 e. The number of rotatable bonds is 6. The predicted molar refractivity (Wildman–Crippen MR) is 80.0 cm³/mol. The van der Waals surface area contributed by atoms with Gasteiger partial charge in [0.15, 0.2) is 0 Å². The first kappa shape index (κ1) is 14.5. The molecule has 1 aromatic heterocycles. The Morgan fingerprint density at radius 3 is 2.63 bits per heavy atom. The van der Waals surface area contributed by atoms with Crippen LogP contribution in [0.4, 0.5) is 5.82 Å². The summed E-state index contributed by atoms with van der Waals surface area (Å²) in [4.78, 5) is 11.2. The maximum Gasteiger partial charge on any atom is 0.137 e. The molecule has 1 atom stereocenters. The number of halogens is 1. The Hall–Kier alpha value is -0.870. The van der Waals surface area contributed by atoms with Crippen LogP contribution in [0.3, 0.4) is 0 Å². The molecule has 1 saturated carbocycles. The van der Waals surface area contributed by atoms with Crippen LogP contribution >= 0.6 is 11.6 Å². The number of nitrogens with one attached hydrogen (secondary N) is 1. The zero-order chi connectivity index (χ0) is 14.0. The van der Waals surface area contributed by atoms with Gasteiger partial charge in [-0.15, -0.1) is 0 Å². The van der Waals surface area contributed by atoms with Crippen LogP contribution in [0.25, 0.3) is 0 Å². The minimum absolute atomic E-state index is 0.374. The first-order valence-electron chi connectivity index (χ1n) is 6.92. The Bertz CT molecular complexity index is 443. The van der Waals surface area contributed by atoms with Crippen LogP contribution < -0.4 is 5.32 Å². The topological polar surface area (TPSA) is 41.1 Å². The van der Waals surface area contributed by atoms with Crippen LogP contribution in [0.5, 0.6) is 0 Å². The summed E-state index contributed by atoms with van der Waals surface area (Å²) in [6.07, 6.45) is 3.46. The first-order valence-corrected chi connectivity index (χ1v) is 7.30. The highest BCUT2D eigenvalue weighted by Crippen LogP contribution is 2.39. The molecule has 0 spiro atoms. The summed E-state index contributed by atoms with van der Waals surface area (Å²) in [6.45, 7) is 5.21. The van der Waals surface area contributed by atoms with E-state index in [2.05, 4.69) is 41.2 Å². The highest BCUT2D eigenvalue weighted by Gasteiger charge is 2.28. The van der Waals surface area contributed by atoms with Crippen molar-refractivity contribution in [3.8, 4) is 0 Å². The average Bonchev–Trinajstić information content (AvgIpc) is 3.16. The molecule has 0 aromatic carbocycles. The van der Waals surface area contributed by atoms with E-state index in [1.165, 1.54) is 12.8 Å². The van der Waals surface area contributed by atoms with E-state index in [-0.39, 0.29) is 0 Å². The van der Waals surface area contributed by atoms with Gasteiger partial charge in [-0.2, -0.15) is 0 Å². The molecular weight excluding hydrogens is 260 g/mol. The third-order valence-corrected chi connectivity index (χ3v) is 3.81. The summed E-state index contributed by atoms with van der Waals surface area (Å²) in [6, 6.07) is 0.374. The molecule has 5 heteroatoms. The van der Waals surface area contributed by atoms with E-state index >= 15 is 0 Å². The van der Waals surface area contributed by atoms with Gasteiger partial charge in [0, 0.05) is 17.5 Å². The quantitative estimate of drug-likeness (QED) is 0.814. The van der Waals surface area contributed by atoms with E-state index in [1.54, 1.807) is 0 Å². The Morgan fingerprint density at radius 1 is 1.37 bits per heavy atom. The third-order valence-electron chi connectivity index (χ3n) is 3.44. The lowest BCUT2D eigenvalue weighted by Gasteiger charge is -2.19. The lowest BCUT2D eigenvalue weighted by atomic mass is 10.2. The fourth-order valence-corrected chi connectivity index (χ4v) is 2.10. The van der Waals surface area contributed by atoms with Crippen LogP contribution in [0, 0.1) is 6.92 Å². The molecule has 0 saturated heterocycles. The standard InChI is InChI=1S/C14H23ClN4/c1-9(7-8-19(3)4)16-13-10(2)12(15)17-14(18-13)11-5-6-11/h9,11H,5-8H2,1-4H3,(H,16,17,18). The summed E-state index contributed by atoms with van der Waals surface area (Å²) in [5, 5.41) is 4.05. The lowest BCUT2D eigenvalue weighted by molar-refractivity contribution is 0.390. The van der Waals surface area contributed by atoms with Gasteiger partial charge in [-0.3, -0.25) is 0 Å². The Kier molecular flexibility index (Phi) is 4.63. The number of hydrogen-bond acceptors (Lipinski definition) is 4. The van der Waals surface area contributed by atoms with Gasteiger partial charge >= 0.3 is 0 Å². The number of anilines is 1. The van der Waals surface area contributed by atoms with Gasteiger partial charge in [0.2, 0.25) is 0 Å². The van der Waals surface area contributed by atoms with Crippen molar-refractivity contribution in [2.24, 2.45) is 0 Å². The van der Waals surface area contributed by atoms with Gasteiger partial charge in [0.05, 0.1) is 0 Å². The number of hydrogen-bond donors (Lipinski definition) is 1. The van der Waals surface area contributed by atoms with Gasteiger partial charge in [-0.25, -0.2) is 9.97 Å². The first-order chi connectivity index (χ1) is 8.97. The minimum Gasteiger partial charge on any atom is -0.367 e. The third kappa shape index (κ3) is 4.05. The highest BCUT2D eigenvalue weighted by atomic mass is 35.5. The van der Waals surface area contributed by atoms with Crippen molar-refractivity contribution in [3.63, 3.8) is 0 Å². The second-order valence-electron chi connectivity index (χ2n) is 5.76. The van der Waals surface area contributed by atoms with Crippen molar-refractivity contribution in [2.45, 2.75) is 45.1 Å². The average molecular weight is 283 g/mol. The summed E-state index contributed by atoms with van der Waals surface area (Å²) < 4.78 is 0. The smallest absolute Gasteiger partial charge is 0.137 e. The molecule has 1 N–H and O–H groups in total. The van der Waals surface area contributed by atoms with Crippen molar-refractivity contribution in [2.75, 3.05) is 26.0 Å². The molecule has 0 amide bonds. The van der Waals surface area contributed by atoms with Gasteiger partial charge in [-0.1, -0.05) is 11.6 Å². The maximum atomic E-state index is 6.20. The van der Waals surface area contributed by atoms with Crippen LogP contribution in [-0.2, 0) is 0 Å². The van der Waals surface area contributed by atoms with E-state index in [4.69, 9.17) is 11.6 Å². The molecular formula is C14H23ClN4. The van der Waals surface area contributed by atoms with Crippen molar-refractivity contribution < 1.29 is 0 Å². The summed E-state index contributed by atoms with van der Waals surface area (Å²) in [5.74, 6) is 2.32. The molecule has 19 heavy (non-hydrogen) atoms. The maximum absolute atomic E-state index is 6.20. The normalized spacial score (nSPS) is 16.7. The monoisotopic (exact) mass is 282 g/mol. The van der Waals surface area contributed by atoms with Gasteiger partial charge in [-0.05, 0) is 53.8 Å². The van der Waals surface area contributed by atoms with E-state index in [1.807, 2.05) is 6.92 Å². The number of aromatic nitrogens is 2. The molecule has 4 nitrogen and oxygen atoms in total. The summed E-state index contributed by atoms with van der Waals surface area (Å²) in [7, 11) is 4.18. The molecule has 1 unspecified atom stereocenters.